The monoisotopic (exact) mass is 685 g/mol. The summed E-state index contributed by atoms with van der Waals surface area (Å²) in [6.07, 6.45) is 0. The topological polar surface area (TPSA) is 55.3 Å². The van der Waals surface area contributed by atoms with Crippen molar-refractivity contribution in [3.8, 4) is 21.1 Å². The first-order valence-corrected chi connectivity index (χ1v) is 18.0. The van der Waals surface area contributed by atoms with Crippen molar-refractivity contribution in [2.75, 3.05) is 4.90 Å². The Labute approximate surface area is 301 Å². The number of benzene rings is 8. The van der Waals surface area contributed by atoms with E-state index in [9.17, 15) is 0 Å². The average Bonchev–Trinajstić information content (AvgIpc) is 3.92. The third-order valence-corrected chi connectivity index (χ3v) is 11.0. The number of nitrogens with zero attached hydrogens (tertiary/aromatic N) is 3. The third kappa shape index (κ3) is 4.69. The summed E-state index contributed by atoms with van der Waals surface area (Å²) in [6.45, 7) is 0. The van der Waals surface area contributed by atoms with Crippen LogP contribution in [0.1, 0.15) is 0 Å². The summed E-state index contributed by atoms with van der Waals surface area (Å²) >= 11 is 1.59. The highest BCUT2D eigenvalue weighted by Gasteiger charge is 2.19. The second-order valence-corrected chi connectivity index (χ2v) is 14.1. The molecule has 5 nitrogen and oxygen atoms in total. The van der Waals surface area contributed by atoms with Gasteiger partial charge < -0.3 is 13.7 Å². The fourth-order valence-electron chi connectivity index (χ4n) is 7.42. The molecule has 3 heterocycles. The quantitative estimate of drug-likeness (QED) is 0.180. The number of fused-ring (bicyclic) bond motifs is 8. The molecule has 52 heavy (non-hydrogen) atoms. The molecule has 0 fully saturated rings. The van der Waals surface area contributed by atoms with Gasteiger partial charge in [-0.25, -0.2) is 0 Å². The van der Waals surface area contributed by atoms with Gasteiger partial charge in [-0.2, -0.15) is 0 Å². The summed E-state index contributed by atoms with van der Waals surface area (Å²) in [5, 5.41) is 19.9. The maximum atomic E-state index is 6.53. The highest BCUT2D eigenvalue weighted by Crippen LogP contribution is 2.42. The summed E-state index contributed by atoms with van der Waals surface area (Å²) in [6, 6.07) is 57.2. The average molecular weight is 686 g/mol. The van der Waals surface area contributed by atoms with Crippen molar-refractivity contribution in [2.45, 2.75) is 0 Å². The van der Waals surface area contributed by atoms with Gasteiger partial charge in [0.1, 0.15) is 32.3 Å². The van der Waals surface area contributed by atoms with Crippen molar-refractivity contribution in [1.82, 2.24) is 10.2 Å². The van der Waals surface area contributed by atoms with Crippen LogP contribution in [-0.4, -0.2) is 10.2 Å². The van der Waals surface area contributed by atoms with Crippen LogP contribution in [0, 0.1) is 0 Å². The first-order valence-electron chi connectivity index (χ1n) is 17.2. The van der Waals surface area contributed by atoms with E-state index >= 15 is 0 Å². The van der Waals surface area contributed by atoms with E-state index in [4.69, 9.17) is 8.83 Å². The molecular weight excluding hydrogens is 659 g/mol. The Morgan fingerprint density at radius 1 is 0.365 bits per heavy atom. The van der Waals surface area contributed by atoms with E-state index in [1.807, 2.05) is 18.2 Å². The smallest absolute Gasteiger partial charge is 0.148 e. The van der Waals surface area contributed by atoms with E-state index in [0.717, 1.165) is 92.9 Å². The van der Waals surface area contributed by atoms with Crippen LogP contribution in [0.15, 0.2) is 173 Å². The zero-order chi connectivity index (χ0) is 34.2. The Bertz CT molecular complexity index is 2990. The molecule has 8 aromatic carbocycles. The van der Waals surface area contributed by atoms with E-state index in [1.165, 1.54) is 10.8 Å². The minimum absolute atomic E-state index is 0.836. The van der Waals surface area contributed by atoms with Gasteiger partial charge in [-0.1, -0.05) is 90.2 Å². The van der Waals surface area contributed by atoms with E-state index in [1.54, 1.807) is 11.3 Å². The molecule has 0 radical (unpaired) electrons. The van der Waals surface area contributed by atoms with Crippen LogP contribution in [0.3, 0.4) is 0 Å². The van der Waals surface area contributed by atoms with E-state index < -0.39 is 0 Å². The molecule has 11 aromatic rings. The maximum Gasteiger partial charge on any atom is 0.148 e. The predicted molar refractivity (Wildman–Crippen MR) is 215 cm³/mol. The van der Waals surface area contributed by atoms with Gasteiger partial charge in [0.25, 0.3) is 0 Å². The lowest BCUT2D eigenvalue weighted by Gasteiger charge is -2.25. The van der Waals surface area contributed by atoms with Crippen LogP contribution >= 0.6 is 11.3 Å². The third-order valence-electron chi connectivity index (χ3n) is 9.98. The molecule has 244 valence electrons. The Balaban J connectivity index is 1.05. The van der Waals surface area contributed by atoms with Crippen LogP contribution in [0.5, 0.6) is 0 Å². The molecule has 0 unspecified atom stereocenters. The van der Waals surface area contributed by atoms with Crippen molar-refractivity contribution in [2.24, 2.45) is 0 Å². The number of rotatable bonds is 5. The summed E-state index contributed by atoms with van der Waals surface area (Å²) in [5.41, 5.74) is 8.47. The van der Waals surface area contributed by atoms with Crippen molar-refractivity contribution >= 4 is 93.8 Å². The van der Waals surface area contributed by atoms with Crippen molar-refractivity contribution in [3.05, 3.63) is 164 Å². The molecule has 11 rings (SSSR count). The van der Waals surface area contributed by atoms with Gasteiger partial charge in [0, 0.05) is 61.9 Å². The zero-order valence-electron chi connectivity index (χ0n) is 27.7. The predicted octanol–water partition coefficient (Wildman–Crippen LogP) is 13.4. The fraction of sp³-hybridized carbons (Fsp3) is 0. The van der Waals surface area contributed by atoms with Crippen LogP contribution in [0.2, 0.25) is 0 Å². The van der Waals surface area contributed by atoms with Gasteiger partial charge in [-0.05, 0) is 94.3 Å². The van der Waals surface area contributed by atoms with Gasteiger partial charge in [0.05, 0.1) is 0 Å². The lowest BCUT2D eigenvalue weighted by molar-refractivity contribution is 0.669. The summed E-state index contributed by atoms with van der Waals surface area (Å²) in [7, 11) is 0. The maximum absolute atomic E-state index is 6.53. The molecule has 0 saturated heterocycles. The van der Waals surface area contributed by atoms with Gasteiger partial charge >= 0.3 is 0 Å². The normalized spacial score (nSPS) is 11.8. The molecule has 6 heteroatoms. The second kappa shape index (κ2) is 11.4. The minimum Gasteiger partial charge on any atom is -0.456 e. The first kappa shape index (κ1) is 29.0. The SMILES string of the molecule is c1ccc(-c2nnc(-c3ccc(N(c4ccc5c(c4)oc4cc6ccccc6cc45)c4ccc5c(c4)oc4cc6ccccc6cc45)cc3)s2)cc1. The van der Waals surface area contributed by atoms with Gasteiger partial charge in [0.2, 0.25) is 0 Å². The molecule has 0 aliphatic rings. The summed E-state index contributed by atoms with van der Waals surface area (Å²) in [4.78, 5) is 2.26. The van der Waals surface area contributed by atoms with Gasteiger partial charge in [0.15, 0.2) is 0 Å². The van der Waals surface area contributed by atoms with E-state index in [0.29, 0.717) is 0 Å². The summed E-state index contributed by atoms with van der Waals surface area (Å²) in [5.74, 6) is 0. The second-order valence-electron chi connectivity index (χ2n) is 13.1. The molecule has 0 amide bonds. The molecule has 0 aliphatic carbocycles. The lowest BCUT2D eigenvalue weighted by atomic mass is 10.0. The van der Waals surface area contributed by atoms with Crippen molar-refractivity contribution < 1.29 is 8.83 Å². The Morgan fingerprint density at radius 3 is 1.31 bits per heavy atom. The highest BCUT2D eigenvalue weighted by atomic mass is 32.1. The number of furan rings is 2. The van der Waals surface area contributed by atoms with E-state index in [-0.39, 0.29) is 0 Å². The van der Waals surface area contributed by atoms with Gasteiger partial charge in [-0.15, -0.1) is 10.2 Å². The van der Waals surface area contributed by atoms with Gasteiger partial charge in [-0.3, -0.25) is 0 Å². The Kier molecular flexibility index (Phi) is 6.35. The number of hydrogen-bond acceptors (Lipinski definition) is 6. The largest absolute Gasteiger partial charge is 0.456 e. The minimum atomic E-state index is 0.836. The summed E-state index contributed by atoms with van der Waals surface area (Å²) < 4.78 is 13.1. The Morgan fingerprint density at radius 2 is 0.788 bits per heavy atom. The zero-order valence-corrected chi connectivity index (χ0v) is 28.5. The molecule has 0 bridgehead atoms. The fourth-order valence-corrected chi connectivity index (χ4v) is 8.27. The molecule has 0 spiro atoms. The van der Waals surface area contributed by atoms with Crippen LogP contribution in [0.25, 0.3) is 86.6 Å². The van der Waals surface area contributed by atoms with Crippen LogP contribution < -0.4 is 4.90 Å². The number of hydrogen-bond donors (Lipinski definition) is 0. The molecule has 0 N–H and O–H groups in total. The Hall–Kier alpha value is -6.76. The van der Waals surface area contributed by atoms with Crippen LogP contribution in [0.4, 0.5) is 17.1 Å². The lowest BCUT2D eigenvalue weighted by Crippen LogP contribution is -2.09. The number of aromatic nitrogens is 2. The molecule has 3 aromatic heterocycles. The molecule has 0 saturated carbocycles. The number of anilines is 3. The van der Waals surface area contributed by atoms with Crippen molar-refractivity contribution in [1.29, 1.82) is 0 Å². The van der Waals surface area contributed by atoms with Crippen molar-refractivity contribution in [3.63, 3.8) is 0 Å². The first-order chi connectivity index (χ1) is 25.7. The molecule has 0 atom stereocenters. The molecule has 0 aliphatic heterocycles. The highest BCUT2D eigenvalue weighted by molar-refractivity contribution is 7.17. The van der Waals surface area contributed by atoms with Crippen LogP contribution in [-0.2, 0) is 0 Å². The standard InChI is InChI=1S/C46H27N3O2S/c1-2-8-28(9-3-1)45-47-48-46(52-45)29-14-16-34(17-15-29)49(35-18-20-37-39-22-30-10-4-6-12-32(30)24-41(39)50-43(37)26-35)36-19-21-38-40-23-31-11-5-7-13-33(31)25-42(40)51-44(38)27-36/h1-27H. The molecular formula is C46H27N3O2S. The van der Waals surface area contributed by atoms with E-state index in [2.05, 4.69) is 161 Å².